The van der Waals surface area contributed by atoms with E-state index in [9.17, 15) is 9.59 Å². The van der Waals surface area contributed by atoms with Gasteiger partial charge >= 0.3 is 5.97 Å². The number of amides is 1. The Morgan fingerprint density at radius 3 is 2.18 bits per heavy atom. The molecule has 5 nitrogen and oxygen atoms in total. The van der Waals surface area contributed by atoms with Crippen LogP contribution in [0.5, 0.6) is 0 Å². The quantitative estimate of drug-likeness (QED) is 0.531. The minimum Gasteiger partial charge on any atom is -0.480 e. The van der Waals surface area contributed by atoms with Crippen LogP contribution < -0.4 is 5.73 Å². The third kappa shape index (κ3) is 3.57. The minimum atomic E-state index is -1.06. The third-order valence-electron chi connectivity index (χ3n) is 1.20. The standard InChI is InChI=1S/C6H12N2O3/c1-4(7)8(5(2)9)3-6(10)11/h4H,3,7H2,1-2H3,(H,10,11). The highest BCUT2D eigenvalue weighted by Crippen LogP contribution is 1.92. The van der Waals surface area contributed by atoms with Crippen molar-refractivity contribution >= 4 is 11.9 Å². The summed E-state index contributed by atoms with van der Waals surface area (Å²) in [4.78, 5) is 21.9. The molecule has 0 aromatic rings. The zero-order valence-corrected chi connectivity index (χ0v) is 6.57. The van der Waals surface area contributed by atoms with Crippen molar-refractivity contribution in [2.75, 3.05) is 6.54 Å². The first-order chi connectivity index (χ1) is 4.95. The molecule has 0 spiro atoms. The average molecular weight is 160 g/mol. The van der Waals surface area contributed by atoms with Crippen molar-refractivity contribution in [3.8, 4) is 0 Å². The lowest BCUT2D eigenvalue weighted by atomic mass is 10.4. The lowest BCUT2D eigenvalue weighted by molar-refractivity contribution is -0.145. The van der Waals surface area contributed by atoms with Crippen LogP contribution in [0, 0.1) is 0 Å². The summed E-state index contributed by atoms with van der Waals surface area (Å²) < 4.78 is 0. The van der Waals surface area contributed by atoms with E-state index in [1.54, 1.807) is 6.92 Å². The van der Waals surface area contributed by atoms with E-state index in [1.165, 1.54) is 6.92 Å². The molecule has 11 heavy (non-hydrogen) atoms. The number of nitrogens with two attached hydrogens (primary N) is 1. The van der Waals surface area contributed by atoms with Crippen LogP contribution in [0.25, 0.3) is 0 Å². The fourth-order valence-corrected chi connectivity index (χ4v) is 0.688. The Hall–Kier alpha value is -1.10. The minimum absolute atomic E-state index is 0.331. The zero-order valence-electron chi connectivity index (χ0n) is 6.57. The molecule has 0 aliphatic rings. The van der Waals surface area contributed by atoms with E-state index in [0.29, 0.717) is 0 Å². The topological polar surface area (TPSA) is 83.6 Å². The molecule has 0 aliphatic heterocycles. The van der Waals surface area contributed by atoms with Gasteiger partial charge in [0.15, 0.2) is 0 Å². The molecule has 1 atom stereocenters. The van der Waals surface area contributed by atoms with Crippen LogP contribution in [0.3, 0.4) is 0 Å². The van der Waals surface area contributed by atoms with Crippen molar-refractivity contribution < 1.29 is 14.7 Å². The van der Waals surface area contributed by atoms with Crippen LogP contribution in [0.1, 0.15) is 13.8 Å². The lowest BCUT2D eigenvalue weighted by Gasteiger charge is -2.22. The maximum Gasteiger partial charge on any atom is 0.323 e. The molecule has 0 bridgehead atoms. The van der Waals surface area contributed by atoms with Gasteiger partial charge in [-0.1, -0.05) is 0 Å². The summed E-state index contributed by atoms with van der Waals surface area (Å²) in [5.41, 5.74) is 5.33. The highest BCUT2D eigenvalue weighted by molar-refractivity contribution is 5.79. The first-order valence-electron chi connectivity index (χ1n) is 3.19. The van der Waals surface area contributed by atoms with E-state index in [0.717, 1.165) is 4.90 Å². The Morgan fingerprint density at radius 2 is 2.09 bits per heavy atom. The molecule has 0 saturated heterocycles. The normalized spacial score (nSPS) is 12.3. The van der Waals surface area contributed by atoms with E-state index < -0.39 is 12.1 Å². The number of carbonyl (C=O) groups excluding carboxylic acids is 1. The van der Waals surface area contributed by atoms with Gasteiger partial charge in [-0.25, -0.2) is 0 Å². The van der Waals surface area contributed by atoms with Gasteiger partial charge in [-0.3, -0.25) is 9.59 Å². The summed E-state index contributed by atoms with van der Waals surface area (Å²) in [5, 5.41) is 8.33. The van der Waals surface area contributed by atoms with E-state index in [2.05, 4.69) is 0 Å². The van der Waals surface area contributed by atoms with E-state index in [1.807, 2.05) is 0 Å². The molecule has 64 valence electrons. The lowest BCUT2D eigenvalue weighted by Crippen LogP contribution is -2.45. The number of carboxylic acid groups (broad SMARTS) is 1. The van der Waals surface area contributed by atoms with Crippen molar-refractivity contribution in [3.63, 3.8) is 0 Å². The number of carbonyl (C=O) groups is 2. The van der Waals surface area contributed by atoms with Crippen LogP contribution in [0.2, 0.25) is 0 Å². The van der Waals surface area contributed by atoms with Crippen LogP contribution in [-0.2, 0) is 9.59 Å². The van der Waals surface area contributed by atoms with Gasteiger partial charge in [0.1, 0.15) is 6.54 Å². The van der Waals surface area contributed by atoms with Crippen LogP contribution in [-0.4, -0.2) is 34.6 Å². The molecule has 0 radical (unpaired) electrons. The molecule has 0 rings (SSSR count). The summed E-state index contributed by atoms with van der Waals surface area (Å²) in [6.07, 6.45) is -0.552. The Bertz CT molecular complexity index is 167. The van der Waals surface area contributed by atoms with Crippen molar-refractivity contribution in [1.29, 1.82) is 0 Å². The smallest absolute Gasteiger partial charge is 0.323 e. The SMILES string of the molecule is CC(=O)N(CC(=O)O)C(C)N. The van der Waals surface area contributed by atoms with Crippen molar-refractivity contribution in [2.45, 2.75) is 20.0 Å². The van der Waals surface area contributed by atoms with Gasteiger partial charge in [-0.2, -0.15) is 0 Å². The number of rotatable bonds is 3. The van der Waals surface area contributed by atoms with E-state index in [-0.39, 0.29) is 12.5 Å². The second kappa shape index (κ2) is 3.92. The number of hydrogen-bond donors (Lipinski definition) is 2. The van der Waals surface area contributed by atoms with Gasteiger partial charge in [-0.15, -0.1) is 0 Å². The Labute approximate surface area is 64.8 Å². The summed E-state index contributed by atoms with van der Waals surface area (Å²) in [7, 11) is 0. The maximum absolute atomic E-state index is 10.7. The molecule has 0 aliphatic carbocycles. The van der Waals surface area contributed by atoms with E-state index in [4.69, 9.17) is 10.8 Å². The highest BCUT2D eigenvalue weighted by Gasteiger charge is 2.15. The largest absolute Gasteiger partial charge is 0.480 e. The molecule has 0 fully saturated rings. The van der Waals surface area contributed by atoms with Gasteiger partial charge in [0.2, 0.25) is 5.91 Å². The van der Waals surface area contributed by atoms with Gasteiger partial charge in [0.25, 0.3) is 0 Å². The van der Waals surface area contributed by atoms with Crippen molar-refractivity contribution in [1.82, 2.24) is 4.90 Å². The summed E-state index contributed by atoms with van der Waals surface area (Å²) in [6, 6.07) is 0. The molecule has 0 aromatic carbocycles. The van der Waals surface area contributed by atoms with Crippen LogP contribution in [0.15, 0.2) is 0 Å². The summed E-state index contributed by atoms with van der Waals surface area (Å²) >= 11 is 0. The average Bonchev–Trinajstić information content (AvgIpc) is 1.81. The Kier molecular flexibility index (Phi) is 3.53. The van der Waals surface area contributed by atoms with Crippen molar-refractivity contribution in [3.05, 3.63) is 0 Å². The third-order valence-corrected chi connectivity index (χ3v) is 1.20. The highest BCUT2D eigenvalue weighted by atomic mass is 16.4. The number of nitrogens with zero attached hydrogens (tertiary/aromatic N) is 1. The predicted molar refractivity (Wildman–Crippen MR) is 38.7 cm³/mol. The molecular formula is C6H12N2O3. The summed E-state index contributed by atoms with van der Waals surface area (Å²) in [5.74, 6) is -1.39. The monoisotopic (exact) mass is 160 g/mol. The van der Waals surface area contributed by atoms with Gasteiger partial charge < -0.3 is 15.7 Å². The van der Waals surface area contributed by atoms with Crippen LogP contribution in [0.4, 0.5) is 0 Å². The number of hydrogen-bond acceptors (Lipinski definition) is 3. The second-order valence-electron chi connectivity index (χ2n) is 2.28. The van der Waals surface area contributed by atoms with Gasteiger partial charge in [-0.05, 0) is 6.92 Å². The molecule has 1 unspecified atom stereocenters. The second-order valence-corrected chi connectivity index (χ2v) is 2.28. The molecule has 3 N–H and O–H groups in total. The predicted octanol–water partition coefficient (Wildman–Crippen LogP) is -0.776. The van der Waals surface area contributed by atoms with E-state index >= 15 is 0 Å². The van der Waals surface area contributed by atoms with Crippen LogP contribution >= 0.6 is 0 Å². The Morgan fingerprint density at radius 1 is 1.64 bits per heavy atom. The first-order valence-corrected chi connectivity index (χ1v) is 3.19. The molecule has 1 amide bonds. The van der Waals surface area contributed by atoms with Gasteiger partial charge in [0.05, 0.1) is 6.17 Å². The molecule has 0 saturated carbocycles. The van der Waals surface area contributed by atoms with Gasteiger partial charge in [0, 0.05) is 6.92 Å². The molecular weight excluding hydrogens is 148 g/mol. The zero-order chi connectivity index (χ0) is 9.02. The maximum atomic E-state index is 10.7. The Balaban J connectivity index is 4.12. The summed E-state index contributed by atoms with van der Waals surface area (Å²) in [6.45, 7) is 2.50. The fourth-order valence-electron chi connectivity index (χ4n) is 0.688. The molecule has 0 heterocycles. The fraction of sp³-hybridized carbons (Fsp3) is 0.667. The molecule has 5 heteroatoms. The number of carboxylic acids is 1. The molecule has 0 aromatic heterocycles. The first kappa shape index (κ1) is 9.90. The number of aliphatic carboxylic acids is 1. The van der Waals surface area contributed by atoms with Crippen molar-refractivity contribution in [2.24, 2.45) is 5.73 Å².